The first kappa shape index (κ1) is 33.4. The largest absolute Gasteiger partial charge is 0.542 e. The van der Waals surface area contributed by atoms with Crippen LogP contribution in [-0.4, -0.2) is 50.2 Å². The number of hydrogen-bond acceptors (Lipinski definition) is 6. The van der Waals surface area contributed by atoms with Crippen LogP contribution in [0.3, 0.4) is 0 Å². The van der Waals surface area contributed by atoms with Crippen LogP contribution in [0.15, 0.2) is 70.2 Å². The number of carbonyl (C=O) groups excluding carboxylic acids is 2. The Balaban J connectivity index is 0.000000676. The molecule has 0 fully saturated rings. The Morgan fingerprint density at radius 3 is 2.16 bits per heavy atom. The fraction of sp³-hybridized carbons (Fsp3) is 0.290. The van der Waals surface area contributed by atoms with E-state index < -0.39 is 18.1 Å². The Bertz CT molecular complexity index is 1700. The lowest BCUT2D eigenvalue weighted by Gasteiger charge is -2.22. The molecule has 2 aliphatic rings. The van der Waals surface area contributed by atoms with Gasteiger partial charge in [-0.05, 0) is 57.5 Å². The third-order valence-electron chi connectivity index (χ3n) is 6.91. The number of benzene rings is 3. The van der Waals surface area contributed by atoms with E-state index in [1.807, 2.05) is 18.2 Å². The van der Waals surface area contributed by atoms with Crippen molar-refractivity contribution in [3.63, 3.8) is 0 Å². The van der Waals surface area contributed by atoms with Gasteiger partial charge in [-0.25, -0.2) is 10.0 Å². The average Bonchev–Trinajstić information content (AvgIpc) is 2.99. The van der Waals surface area contributed by atoms with E-state index in [0.29, 0.717) is 5.56 Å². The molecule has 0 aromatic heterocycles. The first-order valence-corrected chi connectivity index (χ1v) is 14.0. The van der Waals surface area contributed by atoms with Crippen molar-refractivity contribution in [1.29, 1.82) is 0 Å². The molecule has 1 heterocycles. The number of nitrogens with two attached hydrogens (primary N) is 2. The zero-order chi connectivity index (χ0) is 32.6. The summed E-state index contributed by atoms with van der Waals surface area (Å²) in [5, 5.41) is 14.5. The number of amides is 1. The highest BCUT2D eigenvalue weighted by atomic mass is 19.4. The van der Waals surface area contributed by atoms with Gasteiger partial charge in [-0.2, -0.15) is 13.2 Å². The first-order valence-electron chi connectivity index (χ1n) is 14.0. The maximum absolute atomic E-state index is 13.1. The molecular weight excluding hydrogens is 577 g/mol. The molecule has 0 bridgehead atoms. The molecule has 0 saturated carbocycles. The molecule has 1 aliphatic heterocycles. The number of hydrazone groups is 1. The second-order valence-corrected chi connectivity index (χ2v) is 9.49. The summed E-state index contributed by atoms with van der Waals surface area (Å²) in [6, 6.07) is 20.0. The number of alkyl halides is 3. The van der Waals surface area contributed by atoms with Gasteiger partial charge in [-0.15, -0.1) is 5.10 Å². The number of carbonyl (C=O) groups is 2. The summed E-state index contributed by atoms with van der Waals surface area (Å²) < 4.78 is 40.4. The van der Waals surface area contributed by atoms with E-state index in [1.54, 1.807) is 6.07 Å². The molecule has 0 atom stereocenters. The lowest BCUT2D eigenvalue weighted by atomic mass is 9.90. The molecule has 0 spiro atoms. The van der Waals surface area contributed by atoms with Gasteiger partial charge >= 0.3 is 6.18 Å². The van der Waals surface area contributed by atoms with Crippen molar-refractivity contribution in [3.05, 3.63) is 71.6 Å². The van der Waals surface area contributed by atoms with Gasteiger partial charge in [-0.1, -0.05) is 18.2 Å². The number of nitrogens with one attached hydrogen (secondary N) is 1. The molecule has 44 heavy (non-hydrogen) atoms. The molecule has 2 aromatic rings. The van der Waals surface area contributed by atoms with Gasteiger partial charge in [0.15, 0.2) is 0 Å². The predicted octanol–water partition coefficient (Wildman–Crippen LogP) is 3.08. The zero-order valence-corrected chi connectivity index (χ0v) is 24.9. The number of halogens is 3. The van der Waals surface area contributed by atoms with E-state index in [9.17, 15) is 18.0 Å². The van der Waals surface area contributed by atoms with Gasteiger partial charge in [-0.3, -0.25) is 4.79 Å². The minimum Gasteiger partial charge on any atom is -0.542 e. The van der Waals surface area contributed by atoms with Gasteiger partial charge < -0.3 is 30.7 Å². The van der Waals surface area contributed by atoms with Crippen molar-refractivity contribution in [1.82, 2.24) is 10.0 Å². The number of fused-ring (bicyclic) bond motifs is 2. The quantitative estimate of drug-likeness (QED) is 0.0909. The van der Waals surface area contributed by atoms with Crippen LogP contribution in [0.25, 0.3) is 33.4 Å². The van der Waals surface area contributed by atoms with Crippen molar-refractivity contribution in [2.75, 3.05) is 31.1 Å². The van der Waals surface area contributed by atoms with Gasteiger partial charge in [0.05, 0.1) is 6.07 Å². The van der Waals surface area contributed by atoms with Crippen LogP contribution >= 0.6 is 0 Å². The molecule has 1 amide bonds. The number of carboxylic acids is 1. The summed E-state index contributed by atoms with van der Waals surface area (Å²) >= 11 is 0. The number of rotatable bonds is 8. The Kier molecular flexibility index (Phi) is 10.9. The molecule has 13 heteroatoms. The maximum atomic E-state index is 13.1. The minimum absolute atomic E-state index is 0.215. The SMILES string of the molecule is CCN(CC)c1ccc2c(-c3ccccc3C(=O)NN=C(N)N)c3ccc(=[N+](CC)CC)cc-3oc2c1.O=C([O-])C(F)(F)F. The molecule has 0 radical (unpaired) electrons. The lowest BCUT2D eigenvalue weighted by molar-refractivity contribution is -0.344. The van der Waals surface area contributed by atoms with Crippen molar-refractivity contribution in [2.24, 2.45) is 16.6 Å². The normalized spacial score (nSPS) is 11.0. The fourth-order valence-corrected chi connectivity index (χ4v) is 4.80. The molecule has 234 valence electrons. The number of guanidine groups is 1. The summed E-state index contributed by atoms with van der Waals surface area (Å²) in [6.45, 7) is 12.1. The summed E-state index contributed by atoms with van der Waals surface area (Å²) in [6.07, 6.45) is -5.19. The van der Waals surface area contributed by atoms with Crippen molar-refractivity contribution in [3.8, 4) is 22.5 Å². The van der Waals surface area contributed by atoms with Crippen LogP contribution in [0.5, 0.6) is 0 Å². The second kappa shape index (κ2) is 14.4. The smallest absolute Gasteiger partial charge is 0.430 e. The summed E-state index contributed by atoms with van der Waals surface area (Å²) in [5.41, 5.74) is 18.2. The van der Waals surface area contributed by atoms with Crippen LogP contribution in [0.1, 0.15) is 38.1 Å². The number of hydrogen-bond donors (Lipinski definition) is 3. The van der Waals surface area contributed by atoms with Crippen molar-refractivity contribution >= 4 is 34.5 Å². The standard InChI is InChI=1S/C29H34N6O2.C2HF3O2/c1-5-34(6-2)19-13-15-23-25(17-19)37-26-18-20(35(7-3)8-4)14-16-24(26)27(23)21-11-9-10-12-22(21)28(36)32-33-29(30)31;3-2(4,5)1(6)7/h9-18H,5-8H2,1-4H3,(H4,30,31,36);(H,6,7). The molecule has 10 nitrogen and oxygen atoms in total. The van der Waals surface area contributed by atoms with Crippen LogP contribution in [0.2, 0.25) is 0 Å². The third-order valence-corrected chi connectivity index (χ3v) is 6.91. The van der Waals surface area contributed by atoms with Crippen LogP contribution < -0.4 is 36.8 Å². The van der Waals surface area contributed by atoms with Gasteiger partial charge in [0.25, 0.3) is 5.91 Å². The first-order chi connectivity index (χ1) is 20.9. The number of aliphatic carboxylic acids is 1. The molecule has 4 rings (SSSR count). The molecule has 2 aromatic carbocycles. The Hall–Kier alpha value is -5.07. The van der Waals surface area contributed by atoms with E-state index in [0.717, 1.165) is 70.6 Å². The number of carboxylic acid groups (broad SMARTS) is 1. The van der Waals surface area contributed by atoms with Gasteiger partial charge in [0, 0.05) is 53.0 Å². The number of nitrogens with zero attached hydrogens (tertiary/aromatic N) is 3. The molecule has 0 unspecified atom stereocenters. The minimum atomic E-state index is -5.19. The van der Waals surface area contributed by atoms with E-state index in [-0.39, 0.29) is 5.96 Å². The molecule has 0 saturated heterocycles. The fourth-order valence-electron chi connectivity index (χ4n) is 4.80. The third kappa shape index (κ3) is 7.65. The molecule has 5 N–H and O–H groups in total. The topological polar surface area (TPSA) is 153 Å². The highest BCUT2D eigenvalue weighted by Crippen LogP contribution is 2.42. The molecule has 1 aliphatic carbocycles. The van der Waals surface area contributed by atoms with E-state index in [4.69, 9.17) is 25.8 Å². The van der Waals surface area contributed by atoms with Crippen LogP contribution in [-0.2, 0) is 4.79 Å². The summed E-state index contributed by atoms with van der Waals surface area (Å²) in [7, 11) is 0. The monoisotopic (exact) mass is 612 g/mol. The maximum Gasteiger partial charge on any atom is 0.430 e. The van der Waals surface area contributed by atoms with E-state index >= 15 is 0 Å². The number of anilines is 1. The van der Waals surface area contributed by atoms with Crippen LogP contribution in [0.4, 0.5) is 18.9 Å². The van der Waals surface area contributed by atoms with Crippen LogP contribution in [0, 0.1) is 0 Å². The van der Waals surface area contributed by atoms with Crippen molar-refractivity contribution in [2.45, 2.75) is 33.9 Å². The summed E-state index contributed by atoms with van der Waals surface area (Å²) in [4.78, 5) is 24.2. The Morgan fingerprint density at radius 2 is 1.59 bits per heavy atom. The van der Waals surface area contributed by atoms with E-state index in [1.165, 1.54) is 0 Å². The highest BCUT2D eigenvalue weighted by molar-refractivity contribution is 6.09. The molecular formula is C31H35F3N6O4. The highest BCUT2D eigenvalue weighted by Gasteiger charge is 2.29. The Labute approximate surface area is 252 Å². The zero-order valence-electron chi connectivity index (χ0n) is 24.9. The lowest BCUT2D eigenvalue weighted by Crippen LogP contribution is -2.37. The van der Waals surface area contributed by atoms with Gasteiger partial charge in [0.2, 0.25) is 11.3 Å². The average molecular weight is 613 g/mol. The predicted molar refractivity (Wildman–Crippen MR) is 163 cm³/mol. The second-order valence-electron chi connectivity index (χ2n) is 9.49. The van der Waals surface area contributed by atoms with Crippen molar-refractivity contribution < 1.29 is 32.3 Å². The Morgan fingerprint density at radius 1 is 0.955 bits per heavy atom. The van der Waals surface area contributed by atoms with Gasteiger partial charge in [0.1, 0.15) is 30.4 Å². The summed E-state index contributed by atoms with van der Waals surface area (Å²) in [5.74, 6) is -2.87. The van der Waals surface area contributed by atoms with E-state index in [2.05, 4.69) is 84.1 Å².